The standard InChI is InChI=1S/C29H37N5O8S.2ClH/c1-32(2)17-11-16(31-18(35)12-34-5-7-43-8-6-34)23(36)20-14(17)9-13-10-15-22(33(3)4)25(38)21(28(30)41)27(40)29(15,42)26(39)19(13)24(20)37;;/h11,13,15,22,36,38-39,42H,5-10,12H2,1-4H3,(H2,30,41)(H,31,35);2*1H/t13?,15?,22-,29-;;/m0../s1. The summed E-state index contributed by atoms with van der Waals surface area (Å²) < 4.78 is 0. The zero-order chi connectivity index (χ0) is 31.5. The number of nitrogens with two attached hydrogens (primary N) is 1. The van der Waals surface area contributed by atoms with Crippen LogP contribution >= 0.6 is 36.6 Å². The van der Waals surface area contributed by atoms with Crippen LogP contribution in [0.2, 0.25) is 0 Å². The van der Waals surface area contributed by atoms with Crippen molar-refractivity contribution >= 4 is 71.3 Å². The van der Waals surface area contributed by atoms with E-state index in [0.717, 1.165) is 24.6 Å². The average molecular weight is 689 g/mol. The van der Waals surface area contributed by atoms with Crippen LogP contribution in [0.4, 0.5) is 11.4 Å². The lowest BCUT2D eigenvalue weighted by Gasteiger charge is -2.50. The third kappa shape index (κ3) is 5.87. The number of aliphatic hydroxyl groups excluding tert-OH is 2. The van der Waals surface area contributed by atoms with Crippen molar-refractivity contribution in [3.8, 4) is 5.75 Å². The van der Waals surface area contributed by atoms with E-state index in [4.69, 9.17) is 5.73 Å². The summed E-state index contributed by atoms with van der Waals surface area (Å²) in [5.41, 5.74) is 2.46. The largest absolute Gasteiger partial charge is 0.510 e. The average Bonchev–Trinajstić information content (AvgIpc) is 2.92. The van der Waals surface area contributed by atoms with Crippen LogP contribution in [-0.2, 0) is 20.8 Å². The van der Waals surface area contributed by atoms with Crippen molar-refractivity contribution in [2.45, 2.75) is 24.5 Å². The number of allylic oxidation sites excluding steroid dienone is 1. The summed E-state index contributed by atoms with van der Waals surface area (Å²) in [6, 6.07) is 0.530. The van der Waals surface area contributed by atoms with Gasteiger partial charge in [-0.05, 0) is 44.5 Å². The van der Waals surface area contributed by atoms with Gasteiger partial charge in [0.2, 0.25) is 11.7 Å². The number of phenolic OH excluding ortho intramolecular Hbond substituents is 1. The zero-order valence-corrected chi connectivity index (χ0v) is 27.8. The summed E-state index contributed by atoms with van der Waals surface area (Å²) >= 11 is 1.81. The number of fused-ring (bicyclic) bond motifs is 3. The van der Waals surface area contributed by atoms with Gasteiger partial charge in [0.05, 0.1) is 23.8 Å². The van der Waals surface area contributed by atoms with Crippen LogP contribution in [0.1, 0.15) is 22.3 Å². The van der Waals surface area contributed by atoms with Crippen LogP contribution < -0.4 is 16.0 Å². The molecule has 1 aromatic carbocycles. The molecule has 2 amide bonds. The highest BCUT2D eigenvalue weighted by atomic mass is 35.5. The smallest absolute Gasteiger partial charge is 0.255 e. The highest BCUT2D eigenvalue weighted by molar-refractivity contribution is 7.99. The fourth-order valence-corrected chi connectivity index (χ4v) is 7.92. The first-order valence-electron chi connectivity index (χ1n) is 14.0. The first kappa shape index (κ1) is 36.5. The highest BCUT2D eigenvalue weighted by Crippen LogP contribution is 2.53. The molecule has 1 saturated heterocycles. The Morgan fingerprint density at radius 1 is 1.11 bits per heavy atom. The number of primary amides is 1. The molecule has 0 radical (unpaired) electrons. The number of nitrogens with one attached hydrogen (secondary N) is 1. The molecule has 45 heavy (non-hydrogen) atoms. The summed E-state index contributed by atoms with van der Waals surface area (Å²) in [5.74, 6) is -5.76. The van der Waals surface area contributed by atoms with E-state index in [-0.39, 0.29) is 66.9 Å². The molecule has 1 aromatic rings. The van der Waals surface area contributed by atoms with Crippen LogP contribution in [-0.4, -0.2) is 125 Å². The molecule has 2 unspecified atom stereocenters. The molecule has 4 atom stereocenters. The number of hydrogen-bond donors (Lipinski definition) is 6. The van der Waals surface area contributed by atoms with E-state index in [1.54, 1.807) is 39.2 Å². The van der Waals surface area contributed by atoms with Crippen molar-refractivity contribution in [1.29, 1.82) is 0 Å². The minimum absolute atomic E-state index is 0. The minimum atomic E-state index is -2.72. The summed E-state index contributed by atoms with van der Waals surface area (Å²) in [6.07, 6.45) is 0.140. The highest BCUT2D eigenvalue weighted by Gasteiger charge is 2.63. The van der Waals surface area contributed by atoms with Gasteiger partial charge in [-0.2, -0.15) is 11.8 Å². The van der Waals surface area contributed by atoms with Crippen LogP contribution in [0.5, 0.6) is 5.75 Å². The van der Waals surface area contributed by atoms with E-state index < -0.39 is 63.8 Å². The molecule has 16 heteroatoms. The first-order valence-corrected chi connectivity index (χ1v) is 15.2. The maximum atomic E-state index is 14.1. The summed E-state index contributed by atoms with van der Waals surface area (Å²) in [4.78, 5) is 58.0. The predicted octanol–water partition coefficient (Wildman–Crippen LogP) is 1.02. The Kier molecular flexibility index (Phi) is 10.8. The predicted molar refractivity (Wildman–Crippen MR) is 175 cm³/mol. The fraction of sp³-hybridized carbons (Fsp3) is 0.517. The van der Waals surface area contributed by atoms with E-state index in [2.05, 4.69) is 5.32 Å². The van der Waals surface area contributed by atoms with Gasteiger partial charge in [0.25, 0.3) is 5.91 Å². The number of nitrogens with zero attached hydrogens (tertiary/aromatic N) is 3. The van der Waals surface area contributed by atoms with Gasteiger partial charge in [-0.1, -0.05) is 0 Å². The molecule has 5 rings (SSSR count). The van der Waals surface area contributed by atoms with Gasteiger partial charge in [0, 0.05) is 55.9 Å². The molecule has 1 fully saturated rings. The van der Waals surface area contributed by atoms with E-state index in [9.17, 15) is 39.6 Å². The minimum Gasteiger partial charge on any atom is -0.510 e. The second kappa shape index (κ2) is 13.4. The second-order valence-electron chi connectivity index (χ2n) is 11.9. The molecule has 3 aliphatic carbocycles. The molecule has 1 heterocycles. The molecule has 0 bridgehead atoms. The number of anilines is 2. The third-order valence-electron chi connectivity index (χ3n) is 8.93. The van der Waals surface area contributed by atoms with Gasteiger partial charge in [-0.3, -0.25) is 29.0 Å². The number of phenols is 1. The maximum Gasteiger partial charge on any atom is 0.255 e. The van der Waals surface area contributed by atoms with Gasteiger partial charge < -0.3 is 36.4 Å². The Bertz CT molecular complexity index is 1490. The number of ketones is 2. The number of aliphatic hydroxyl groups is 3. The number of carbonyl (C=O) groups excluding carboxylic acids is 4. The number of thioether (sulfide) groups is 1. The van der Waals surface area contributed by atoms with Gasteiger partial charge in [-0.15, -0.1) is 24.8 Å². The number of rotatable bonds is 6. The number of hydrogen-bond acceptors (Lipinski definition) is 12. The topological polar surface area (TPSA) is 197 Å². The Labute approximate surface area is 277 Å². The van der Waals surface area contributed by atoms with Crippen LogP contribution in [0.3, 0.4) is 0 Å². The number of aromatic hydroxyl groups is 1. The zero-order valence-electron chi connectivity index (χ0n) is 25.3. The molecule has 13 nitrogen and oxygen atoms in total. The van der Waals surface area contributed by atoms with E-state index in [1.165, 1.54) is 4.90 Å². The monoisotopic (exact) mass is 687 g/mol. The van der Waals surface area contributed by atoms with Gasteiger partial charge in [0.15, 0.2) is 17.1 Å². The van der Waals surface area contributed by atoms with Crippen molar-refractivity contribution in [3.63, 3.8) is 0 Å². The third-order valence-corrected chi connectivity index (χ3v) is 9.87. The van der Waals surface area contributed by atoms with Crippen molar-refractivity contribution in [2.75, 3.05) is 69.5 Å². The molecular formula is C29H39Cl2N5O8S. The molecule has 4 aliphatic rings. The lowest BCUT2D eigenvalue weighted by molar-refractivity contribution is -0.148. The van der Waals surface area contributed by atoms with Crippen LogP contribution in [0.15, 0.2) is 28.7 Å². The quantitative estimate of drug-likeness (QED) is 0.184. The van der Waals surface area contributed by atoms with Crippen LogP contribution in [0.25, 0.3) is 0 Å². The van der Waals surface area contributed by atoms with Crippen LogP contribution in [0, 0.1) is 11.8 Å². The normalized spacial score (nSPS) is 26.3. The van der Waals surface area contributed by atoms with Crippen molar-refractivity contribution in [1.82, 2.24) is 9.80 Å². The van der Waals surface area contributed by atoms with E-state index in [0.29, 0.717) is 11.3 Å². The van der Waals surface area contributed by atoms with Crippen molar-refractivity contribution in [3.05, 3.63) is 39.9 Å². The Morgan fingerprint density at radius 2 is 1.73 bits per heavy atom. The molecule has 7 N–H and O–H groups in total. The molecule has 0 saturated carbocycles. The number of carbonyl (C=O) groups is 4. The maximum absolute atomic E-state index is 14.1. The Hall–Kier alpha value is -3.01. The van der Waals surface area contributed by atoms with Gasteiger partial charge in [-0.25, -0.2) is 0 Å². The lowest BCUT2D eigenvalue weighted by atomic mass is 9.58. The number of halogens is 2. The lowest BCUT2D eigenvalue weighted by Crippen LogP contribution is -2.63. The SMILES string of the molecule is CN(C)c1cc(NC(=O)CN2CCSCC2)c(O)c2c1CC1CC3[C@H](N(C)C)C(O)=C(C(N)=O)C(=O)[C@@]3(O)C(O)=C1C2=O.Cl.Cl. The summed E-state index contributed by atoms with van der Waals surface area (Å²) in [5, 5.41) is 48.3. The van der Waals surface area contributed by atoms with E-state index >= 15 is 0 Å². The van der Waals surface area contributed by atoms with E-state index in [1.807, 2.05) is 16.7 Å². The Morgan fingerprint density at radius 3 is 2.29 bits per heavy atom. The summed E-state index contributed by atoms with van der Waals surface area (Å²) in [6.45, 7) is 1.63. The molecular weight excluding hydrogens is 649 g/mol. The van der Waals surface area contributed by atoms with Gasteiger partial charge in [0.1, 0.15) is 17.1 Å². The molecule has 0 aromatic heterocycles. The van der Waals surface area contributed by atoms with Crippen molar-refractivity contribution in [2.24, 2.45) is 17.6 Å². The number of likely N-dealkylation sites (N-methyl/N-ethyl adjacent to an activating group) is 1. The number of benzene rings is 1. The number of amides is 2. The first-order chi connectivity index (χ1) is 20.2. The number of Topliss-reactive ketones (excluding diaryl/α,β-unsaturated/α-hetero) is 2. The molecule has 1 aliphatic heterocycles. The second-order valence-corrected chi connectivity index (χ2v) is 13.2. The van der Waals surface area contributed by atoms with Crippen molar-refractivity contribution < 1.29 is 39.6 Å². The van der Waals surface area contributed by atoms with Gasteiger partial charge >= 0.3 is 0 Å². The fourth-order valence-electron chi connectivity index (χ4n) is 6.95. The molecule has 0 spiro atoms. The molecule has 248 valence electrons. The Balaban J connectivity index is 0.00000276. The summed E-state index contributed by atoms with van der Waals surface area (Å²) in [7, 11) is 6.67.